The Morgan fingerprint density at radius 3 is 2.80 bits per heavy atom. The number of hydrogen-bond acceptors (Lipinski definition) is 3. The van der Waals surface area contributed by atoms with Crippen molar-refractivity contribution in [2.24, 2.45) is 0 Å². The second-order valence-electron chi connectivity index (χ2n) is 2.96. The highest BCUT2D eigenvalue weighted by atomic mass is 16.6. The van der Waals surface area contributed by atoms with Crippen LogP contribution in [-0.4, -0.2) is 21.0 Å². The summed E-state index contributed by atoms with van der Waals surface area (Å²) >= 11 is 0. The number of hydrogen-bond donors (Lipinski definition) is 2. The Labute approximate surface area is 83.3 Å². The minimum atomic E-state index is -1.18. The Balaban J connectivity index is 2.86. The van der Waals surface area contributed by atoms with Crippen LogP contribution in [0, 0.1) is 10.1 Å². The lowest BCUT2D eigenvalue weighted by Crippen LogP contribution is -1.96. The second-order valence-corrected chi connectivity index (χ2v) is 2.96. The molecule has 76 valence electrons. The van der Waals surface area contributed by atoms with Gasteiger partial charge in [0.2, 0.25) is 0 Å². The van der Waals surface area contributed by atoms with Crippen LogP contribution in [0.2, 0.25) is 0 Å². The summed E-state index contributed by atoms with van der Waals surface area (Å²) in [4.78, 5) is 23.6. The van der Waals surface area contributed by atoms with Crippen LogP contribution < -0.4 is 0 Å². The van der Waals surface area contributed by atoms with Crippen molar-refractivity contribution in [3.63, 3.8) is 0 Å². The minimum Gasteiger partial charge on any atom is -0.478 e. The fourth-order valence-corrected chi connectivity index (χ4v) is 1.49. The van der Waals surface area contributed by atoms with Crippen molar-refractivity contribution in [3.8, 4) is 0 Å². The van der Waals surface area contributed by atoms with Crippen molar-refractivity contribution in [1.29, 1.82) is 0 Å². The Morgan fingerprint density at radius 1 is 1.47 bits per heavy atom. The van der Waals surface area contributed by atoms with Gasteiger partial charge in [-0.25, -0.2) is 4.79 Å². The predicted molar refractivity (Wildman–Crippen MR) is 51.9 cm³/mol. The first kappa shape index (κ1) is 9.20. The minimum absolute atomic E-state index is 0.0858. The number of nitro groups is 1. The average Bonchev–Trinajstić information content (AvgIpc) is 2.60. The zero-order valence-corrected chi connectivity index (χ0v) is 7.43. The fraction of sp³-hybridized carbons (Fsp3) is 0. The van der Waals surface area contributed by atoms with E-state index in [0.29, 0.717) is 5.52 Å². The van der Waals surface area contributed by atoms with E-state index in [2.05, 4.69) is 4.98 Å². The Morgan fingerprint density at radius 2 is 2.20 bits per heavy atom. The highest BCUT2D eigenvalue weighted by Crippen LogP contribution is 2.28. The maximum Gasteiger partial charge on any atom is 0.338 e. The number of non-ortho nitro benzene ring substituents is 1. The number of aromatic nitrogens is 1. The molecule has 0 bridgehead atoms. The van der Waals surface area contributed by atoms with Crippen molar-refractivity contribution >= 4 is 22.6 Å². The van der Waals surface area contributed by atoms with Crippen molar-refractivity contribution in [2.75, 3.05) is 0 Å². The first-order valence-electron chi connectivity index (χ1n) is 4.09. The molecule has 0 aliphatic rings. The summed E-state index contributed by atoms with van der Waals surface area (Å²) in [6.45, 7) is 0. The van der Waals surface area contributed by atoms with Crippen LogP contribution in [0.15, 0.2) is 24.4 Å². The van der Waals surface area contributed by atoms with Gasteiger partial charge < -0.3 is 10.1 Å². The summed E-state index contributed by atoms with van der Waals surface area (Å²) in [6, 6.07) is 4.37. The molecule has 6 heteroatoms. The molecular weight excluding hydrogens is 200 g/mol. The van der Waals surface area contributed by atoms with Gasteiger partial charge in [0.15, 0.2) is 0 Å². The zero-order valence-electron chi connectivity index (χ0n) is 7.43. The van der Waals surface area contributed by atoms with Gasteiger partial charge in [-0.3, -0.25) is 10.1 Å². The Hall–Kier alpha value is -2.37. The lowest BCUT2D eigenvalue weighted by Gasteiger charge is -1.95. The lowest BCUT2D eigenvalue weighted by molar-refractivity contribution is -0.383. The van der Waals surface area contributed by atoms with E-state index in [-0.39, 0.29) is 16.6 Å². The van der Waals surface area contributed by atoms with E-state index >= 15 is 0 Å². The van der Waals surface area contributed by atoms with Gasteiger partial charge in [-0.1, -0.05) is 6.07 Å². The molecular formula is C9H6N2O4. The van der Waals surface area contributed by atoms with Crippen molar-refractivity contribution in [1.82, 2.24) is 4.98 Å². The van der Waals surface area contributed by atoms with Crippen LogP contribution in [0.3, 0.4) is 0 Å². The second kappa shape index (κ2) is 3.09. The lowest BCUT2D eigenvalue weighted by atomic mass is 10.1. The van der Waals surface area contributed by atoms with E-state index < -0.39 is 10.9 Å². The molecule has 1 aromatic carbocycles. The summed E-state index contributed by atoms with van der Waals surface area (Å²) in [7, 11) is 0. The van der Waals surface area contributed by atoms with E-state index in [1.54, 1.807) is 6.07 Å². The average molecular weight is 206 g/mol. The fourth-order valence-electron chi connectivity index (χ4n) is 1.49. The SMILES string of the molecule is O=C(O)c1c[nH]c2cccc([N+](=O)[O-])c12. The molecule has 2 rings (SSSR count). The molecule has 0 saturated carbocycles. The molecule has 0 atom stereocenters. The van der Waals surface area contributed by atoms with Gasteiger partial charge in [-0.15, -0.1) is 0 Å². The molecule has 15 heavy (non-hydrogen) atoms. The number of benzene rings is 1. The summed E-state index contributed by atoms with van der Waals surface area (Å²) in [5.74, 6) is -1.18. The predicted octanol–water partition coefficient (Wildman–Crippen LogP) is 1.77. The van der Waals surface area contributed by atoms with E-state index in [0.717, 1.165) is 0 Å². The number of carbonyl (C=O) groups is 1. The van der Waals surface area contributed by atoms with Crippen molar-refractivity contribution in [3.05, 3.63) is 40.1 Å². The Bertz CT molecular complexity index is 558. The number of H-pyrrole nitrogens is 1. The summed E-state index contributed by atoms with van der Waals surface area (Å²) in [5.41, 5.74) is 0.157. The van der Waals surface area contributed by atoms with Crippen LogP contribution in [-0.2, 0) is 0 Å². The summed E-state index contributed by atoms with van der Waals surface area (Å²) < 4.78 is 0. The normalized spacial score (nSPS) is 10.4. The molecule has 0 radical (unpaired) electrons. The number of aromatic carboxylic acids is 1. The van der Waals surface area contributed by atoms with E-state index in [1.165, 1.54) is 18.3 Å². The molecule has 6 nitrogen and oxygen atoms in total. The first-order chi connectivity index (χ1) is 7.11. The molecule has 0 aliphatic heterocycles. The van der Waals surface area contributed by atoms with E-state index in [1.807, 2.05) is 0 Å². The topological polar surface area (TPSA) is 96.2 Å². The van der Waals surface area contributed by atoms with Crippen LogP contribution in [0.5, 0.6) is 0 Å². The van der Waals surface area contributed by atoms with Gasteiger partial charge >= 0.3 is 5.97 Å². The third-order valence-corrected chi connectivity index (χ3v) is 2.11. The van der Waals surface area contributed by atoms with Gasteiger partial charge in [0.05, 0.1) is 21.4 Å². The monoisotopic (exact) mass is 206 g/mol. The smallest absolute Gasteiger partial charge is 0.338 e. The van der Waals surface area contributed by atoms with Gasteiger partial charge in [-0.2, -0.15) is 0 Å². The number of fused-ring (bicyclic) bond motifs is 1. The van der Waals surface area contributed by atoms with Crippen LogP contribution >= 0.6 is 0 Å². The van der Waals surface area contributed by atoms with E-state index in [4.69, 9.17) is 5.11 Å². The standard InChI is InChI=1S/C9H6N2O4/c12-9(13)5-4-10-6-2-1-3-7(8(5)6)11(14)15/h1-4,10H,(H,12,13). The third kappa shape index (κ3) is 1.32. The third-order valence-electron chi connectivity index (χ3n) is 2.11. The molecule has 1 aromatic heterocycles. The molecule has 0 fully saturated rings. The molecule has 0 spiro atoms. The van der Waals surface area contributed by atoms with Gasteiger partial charge in [0.25, 0.3) is 5.69 Å². The van der Waals surface area contributed by atoms with Crippen molar-refractivity contribution in [2.45, 2.75) is 0 Å². The van der Waals surface area contributed by atoms with Gasteiger partial charge in [0, 0.05) is 12.3 Å². The van der Waals surface area contributed by atoms with Crippen LogP contribution in [0.1, 0.15) is 10.4 Å². The van der Waals surface area contributed by atoms with Gasteiger partial charge in [-0.05, 0) is 6.07 Å². The molecule has 1 heterocycles. The van der Waals surface area contributed by atoms with Crippen molar-refractivity contribution < 1.29 is 14.8 Å². The number of carboxylic acid groups (broad SMARTS) is 1. The number of nitrogens with one attached hydrogen (secondary N) is 1. The highest BCUT2D eigenvalue weighted by molar-refractivity contribution is 6.07. The number of nitro benzene ring substituents is 1. The molecule has 0 unspecified atom stereocenters. The quantitative estimate of drug-likeness (QED) is 0.578. The van der Waals surface area contributed by atoms with Crippen LogP contribution in [0.25, 0.3) is 10.9 Å². The van der Waals surface area contributed by atoms with Crippen LogP contribution in [0.4, 0.5) is 5.69 Å². The number of aromatic amines is 1. The maximum absolute atomic E-state index is 10.8. The molecule has 0 aliphatic carbocycles. The number of rotatable bonds is 2. The maximum atomic E-state index is 10.8. The number of carboxylic acids is 1. The zero-order chi connectivity index (χ0) is 11.0. The summed E-state index contributed by atoms with van der Waals surface area (Å²) in [5, 5.41) is 19.7. The largest absolute Gasteiger partial charge is 0.478 e. The molecule has 0 amide bonds. The molecule has 2 N–H and O–H groups in total. The molecule has 0 saturated heterocycles. The van der Waals surface area contributed by atoms with Gasteiger partial charge in [0.1, 0.15) is 0 Å². The Kier molecular flexibility index (Phi) is 1.89. The highest BCUT2D eigenvalue weighted by Gasteiger charge is 2.19. The summed E-state index contributed by atoms with van der Waals surface area (Å²) in [6.07, 6.45) is 1.25. The number of nitrogens with zero attached hydrogens (tertiary/aromatic N) is 1. The first-order valence-corrected chi connectivity index (χ1v) is 4.09. The molecule has 2 aromatic rings. The van der Waals surface area contributed by atoms with E-state index in [9.17, 15) is 14.9 Å².